The molecule has 3 rings (SSSR count). The lowest BCUT2D eigenvalue weighted by molar-refractivity contribution is -0.139. The molecule has 2 fully saturated rings. The number of nitrogens with zero attached hydrogens (tertiary/aromatic N) is 2. The number of hydrogen-bond acceptors (Lipinski definition) is 4. The number of piperazine rings is 1. The van der Waals surface area contributed by atoms with Gasteiger partial charge in [0.15, 0.2) is 0 Å². The average molecular weight is 413 g/mol. The number of anilines is 1. The number of ether oxygens (including phenoxy) is 1. The fraction of sp³-hybridized carbons (Fsp3) is 0.600. The maximum Gasteiger partial charge on any atom is 0.225 e. The van der Waals surface area contributed by atoms with Crippen LogP contribution in [0.1, 0.15) is 26.2 Å². The number of Topliss-reactive ketones (excluding diaryl/α,β-unsaturated/α-hetero) is 1. The Morgan fingerprint density at radius 1 is 1.07 bits per heavy atom. The molecule has 1 aromatic rings. The van der Waals surface area contributed by atoms with Crippen molar-refractivity contribution < 1.29 is 14.3 Å². The van der Waals surface area contributed by atoms with Crippen LogP contribution in [0.15, 0.2) is 18.2 Å². The highest BCUT2D eigenvalue weighted by Gasteiger charge is 2.29. The first-order valence-corrected chi connectivity index (χ1v) is 10.3. The molecule has 2 aliphatic heterocycles. The van der Waals surface area contributed by atoms with Gasteiger partial charge in [0, 0.05) is 73.4 Å². The van der Waals surface area contributed by atoms with Gasteiger partial charge in [-0.25, -0.2) is 0 Å². The minimum Gasteiger partial charge on any atom is -0.381 e. The van der Waals surface area contributed by atoms with Crippen LogP contribution in [0.3, 0.4) is 0 Å². The minimum absolute atomic E-state index is 0.0541. The third-order valence-corrected chi connectivity index (χ3v) is 5.85. The Balaban J connectivity index is 1.50. The number of carbonyl (C=O) groups excluding carboxylic acids is 2. The number of benzene rings is 1. The van der Waals surface area contributed by atoms with E-state index in [1.807, 2.05) is 24.0 Å². The van der Waals surface area contributed by atoms with Crippen LogP contribution >= 0.6 is 23.2 Å². The molecule has 0 aromatic heterocycles. The summed E-state index contributed by atoms with van der Waals surface area (Å²) in [6.45, 7) is 5.88. The van der Waals surface area contributed by atoms with E-state index in [-0.39, 0.29) is 23.5 Å². The third-order valence-electron chi connectivity index (χ3n) is 5.41. The van der Waals surface area contributed by atoms with Gasteiger partial charge in [-0.3, -0.25) is 9.59 Å². The van der Waals surface area contributed by atoms with Crippen LogP contribution in [0.25, 0.3) is 0 Å². The first kappa shape index (κ1) is 20.4. The maximum atomic E-state index is 12.8. The van der Waals surface area contributed by atoms with Crippen LogP contribution in [-0.2, 0) is 14.3 Å². The Labute approximate surface area is 170 Å². The Kier molecular flexibility index (Phi) is 7.01. The number of rotatable bonds is 5. The zero-order valence-electron chi connectivity index (χ0n) is 15.6. The Morgan fingerprint density at radius 3 is 2.26 bits per heavy atom. The summed E-state index contributed by atoms with van der Waals surface area (Å²) < 4.78 is 5.31. The monoisotopic (exact) mass is 412 g/mol. The smallest absolute Gasteiger partial charge is 0.225 e. The molecular formula is C20H26Cl2N2O3. The standard InChI is InChI=1S/C20H26Cl2N2O3/c1-14(10-19(25)15-2-8-27-9-3-15)20(26)24-6-4-23(5-7-24)18-12-16(21)11-17(22)13-18/h11-15H,2-10H2,1H3. The first-order chi connectivity index (χ1) is 12.9. The molecule has 0 spiro atoms. The number of carbonyl (C=O) groups is 2. The Bertz CT molecular complexity index is 664. The van der Waals surface area contributed by atoms with Gasteiger partial charge >= 0.3 is 0 Å². The van der Waals surface area contributed by atoms with E-state index in [9.17, 15) is 9.59 Å². The van der Waals surface area contributed by atoms with E-state index in [0.717, 1.165) is 31.6 Å². The predicted molar refractivity (Wildman–Crippen MR) is 108 cm³/mol. The molecule has 2 saturated heterocycles. The van der Waals surface area contributed by atoms with E-state index >= 15 is 0 Å². The summed E-state index contributed by atoms with van der Waals surface area (Å²) in [4.78, 5) is 29.2. The highest BCUT2D eigenvalue weighted by atomic mass is 35.5. The summed E-state index contributed by atoms with van der Waals surface area (Å²) in [5, 5.41) is 1.22. The van der Waals surface area contributed by atoms with Gasteiger partial charge in [0.05, 0.1) is 0 Å². The fourth-order valence-corrected chi connectivity index (χ4v) is 4.31. The van der Waals surface area contributed by atoms with E-state index in [2.05, 4.69) is 4.90 Å². The summed E-state index contributed by atoms with van der Waals surface area (Å²) in [5.41, 5.74) is 0.974. The molecule has 27 heavy (non-hydrogen) atoms. The summed E-state index contributed by atoms with van der Waals surface area (Å²) in [5.74, 6) is 0.0523. The van der Waals surface area contributed by atoms with Gasteiger partial charge in [0.25, 0.3) is 0 Å². The van der Waals surface area contributed by atoms with Crippen LogP contribution in [-0.4, -0.2) is 56.0 Å². The van der Waals surface area contributed by atoms with E-state index in [1.54, 1.807) is 6.07 Å². The fourth-order valence-electron chi connectivity index (χ4n) is 3.79. The van der Waals surface area contributed by atoms with Crippen molar-refractivity contribution >= 4 is 40.6 Å². The largest absolute Gasteiger partial charge is 0.381 e. The van der Waals surface area contributed by atoms with Crippen LogP contribution in [0, 0.1) is 11.8 Å². The molecule has 7 heteroatoms. The zero-order valence-corrected chi connectivity index (χ0v) is 17.1. The van der Waals surface area contributed by atoms with Crippen molar-refractivity contribution in [1.82, 2.24) is 4.90 Å². The van der Waals surface area contributed by atoms with Gasteiger partial charge in [0.2, 0.25) is 5.91 Å². The van der Waals surface area contributed by atoms with Gasteiger partial charge in [-0.2, -0.15) is 0 Å². The van der Waals surface area contributed by atoms with Crippen molar-refractivity contribution in [3.05, 3.63) is 28.2 Å². The molecule has 148 valence electrons. The van der Waals surface area contributed by atoms with Crippen molar-refractivity contribution in [3.63, 3.8) is 0 Å². The van der Waals surface area contributed by atoms with E-state index in [0.29, 0.717) is 42.8 Å². The lowest BCUT2D eigenvalue weighted by Crippen LogP contribution is -2.50. The third kappa shape index (κ3) is 5.37. The summed E-state index contributed by atoms with van der Waals surface area (Å²) >= 11 is 12.2. The summed E-state index contributed by atoms with van der Waals surface area (Å²) in [7, 11) is 0. The molecule has 0 N–H and O–H groups in total. The molecular weight excluding hydrogens is 387 g/mol. The molecule has 1 aromatic carbocycles. The molecule has 0 radical (unpaired) electrons. The Morgan fingerprint density at radius 2 is 1.67 bits per heavy atom. The van der Waals surface area contributed by atoms with Crippen LogP contribution < -0.4 is 4.90 Å². The van der Waals surface area contributed by atoms with Crippen LogP contribution in [0.4, 0.5) is 5.69 Å². The van der Waals surface area contributed by atoms with Gasteiger partial charge in [-0.15, -0.1) is 0 Å². The quantitative estimate of drug-likeness (QED) is 0.739. The second-order valence-electron chi connectivity index (χ2n) is 7.40. The normalized spacial score (nSPS) is 19.8. The second kappa shape index (κ2) is 9.26. The molecule has 0 bridgehead atoms. The van der Waals surface area contributed by atoms with Gasteiger partial charge in [-0.05, 0) is 31.0 Å². The number of halogens is 2. The molecule has 1 amide bonds. The second-order valence-corrected chi connectivity index (χ2v) is 8.27. The molecule has 0 saturated carbocycles. The van der Waals surface area contributed by atoms with Crippen molar-refractivity contribution in [1.29, 1.82) is 0 Å². The molecule has 1 unspecified atom stereocenters. The van der Waals surface area contributed by atoms with Crippen molar-refractivity contribution in [2.45, 2.75) is 26.2 Å². The molecule has 1 atom stereocenters. The number of ketones is 1. The van der Waals surface area contributed by atoms with Gasteiger partial charge in [0.1, 0.15) is 5.78 Å². The Hall–Kier alpha value is -1.30. The predicted octanol–water partition coefficient (Wildman–Crippen LogP) is 3.66. The first-order valence-electron chi connectivity index (χ1n) is 9.54. The van der Waals surface area contributed by atoms with Crippen molar-refractivity contribution in [2.75, 3.05) is 44.3 Å². The van der Waals surface area contributed by atoms with Gasteiger partial charge < -0.3 is 14.5 Å². The molecule has 0 aliphatic carbocycles. The van der Waals surface area contributed by atoms with Crippen LogP contribution in [0.2, 0.25) is 10.0 Å². The van der Waals surface area contributed by atoms with Crippen molar-refractivity contribution in [2.24, 2.45) is 11.8 Å². The van der Waals surface area contributed by atoms with Crippen LogP contribution in [0.5, 0.6) is 0 Å². The van der Waals surface area contributed by atoms with E-state index in [4.69, 9.17) is 27.9 Å². The zero-order chi connectivity index (χ0) is 19.4. The summed E-state index contributed by atoms with van der Waals surface area (Å²) in [6.07, 6.45) is 1.88. The number of amides is 1. The maximum absolute atomic E-state index is 12.8. The SMILES string of the molecule is CC(CC(=O)C1CCOCC1)C(=O)N1CCN(c2cc(Cl)cc(Cl)c2)CC1. The summed E-state index contributed by atoms with van der Waals surface area (Å²) in [6, 6.07) is 5.49. The highest BCUT2D eigenvalue weighted by Crippen LogP contribution is 2.27. The molecule has 2 heterocycles. The van der Waals surface area contributed by atoms with E-state index < -0.39 is 0 Å². The molecule has 2 aliphatic rings. The lowest BCUT2D eigenvalue weighted by Gasteiger charge is -2.37. The van der Waals surface area contributed by atoms with E-state index in [1.165, 1.54) is 0 Å². The number of hydrogen-bond donors (Lipinski definition) is 0. The molecule has 5 nitrogen and oxygen atoms in total. The van der Waals surface area contributed by atoms with Crippen molar-refractivity contribution in [3.8, 4) is 0 Å². The average Bonchev–Trinajstić information content (AvgIpc) is 2.67. The topological polar surface area (TPSA) is 49.9 Å². The highest BCUT2D eigenvalue weighted by molar-refractivity contribution is 6.35. The minimum atomic E-state index is -0.271. The lowest BCUT2D eigenvalue weighted by atomic mass is 9.89. The van der Waals surface area contributed by atoms with Gasteiger partial charge in [-0.1, -0.05) is 30.1 Å².